The van der Waals surface area contributed by atoms with Crippen LogP contribution in [-0.2, 0) is 4.74 Å². The van der Waals surface area contributed by atoms with Gasteiger partial charge in [-0.3, -0.25) is 5.41 Å². The van der Waals surface area contributed by atoms with Crippen molar-refractivity contribution in [2.45, 2.75) is 32.6 Å². The van der Waals surface area contributed by atoms with Gasteiger partial charge in [0.1, 0.15) is 0 Å². The number of hydrogen-bond acceptors (Lipinski definition) is 2. The number of likely N-dealkylation sites (tertiary alicyclic amines) is 1. The monoisotopic (exact) mass is 184 g/mol. The summed E-state index contributed by atoms with van der Waals surface area (Å²) in [6.07, 6.45) is 4.44. The van der Waals surface area contributed by atoms with Gasteiger partial charge in [0, 0.05) is 26.1 Å². The molecule has 1 fully saturated rings. The molecule has 1 N–H and O–H groups in total. The smallest absolute Gasteiger partial charge is 0.0959 e. The maximum absolute atomic E-state index is 7.59. The van der Waals surface area contributed by atoms with Crippen LogP contribution in [0.4, 0.5) is 0 Å². The van der Waals surface area contributed by atoms with E-state index in [0.717, 1.165) is 51.4 Å². The van der Waals surface area contributed by atoms with Crippen LogP contribution in [0, 0.1) is 5.41 Å². The SMILES string of the molecule is CCCCOCCN1CCCC1=N. The average molecular weight is 184 g/mol. The zero-order valence-corrected chi connectivity index (χ0v) is 8.51. The lowest BCUT2D eigenvalue weighted by Gasteiger charge is -2.17. The Bertz CT molecular complexity index is 159. The van der Waals surface area contributed by atoms with E-state index in [0.29, 0.717) is 0 Å². The third-order valence-electron chi connectivity index (χ3n) is 2.37. The number of unbranched alkanes of at least 4 members (excludes halogenated alkanes) is 1. The van der Waals surface area contributed by atoms with E-state index in [1.54, 1.807) is 0 Å². The summed E-state index contributed by atoms with van der Waals surface area (Å²) in [5.41, 5.74) is 0. The van der Waals surface area contributed by atoms with Crippen molar-refractivity contribution in [2.24, 2.45) is 0 Å². The number of nitrogens with one attached hydrogen (secondary N) is 1. The molecule has 0 spiro atoms. The van der Waals surface area contributed by atoms with Gasteiger partial charge in [0.15, 0.2) is 0 Å². The van der Waals surface area contributed by atoms with Gasteiger partial charge < -0.3 is 9.64 Å². The highest BCUT2D eigenvalue weighted by Gasteiger charge is 2.15. The Kier molecular flexibility index (Phi) is 4.83. The summed E-state index contributed by atoms with van der Waals surface area (Å²) < 4.78 is 5.45. The molecular formula is C10H20N2O. The van der Waals surface area contributed by atoms with Crippen molar-refractivity contribution in [1.29, 1.82) is 5.41 Å². The molecule has 1 rings (SSSR count). The number of rotatable bonds is 6. The van der Waals surface area contributed by atoms with Crippen LogP contribution >= 0.6 is 0 Å². The first-order valence-corrected chi connectivity index (χ1v) is 5.24. The zero-order chi connectivity index (χ0) is 9.52. The van der Waals surface area contributed by atoms with E-state index in [2.05, 4.69) is 11.8 Å². The van der Waals surface area contributed by atoms with Crippen LogP contribution in [0.15, 0.2) is 0 Å². The van der Waals surface area contributed by atoms with E-state index < -0.39 is 0 Å². The Hall–Kier alpha value is -0.570. The van der Waals surface area contributed by atoms with Gasteiger partial charge in [-0.25, -0.2) is 0 Å². The number of ether oxygens (including phenoxy) is 1. The van der Waals surface area contributed by atoms with Crippen LogP contribution in [0.5, 0.6) is 0 Å². The summed E-state index contributed by atoms with van der Waals surface area (Å²) in [7, 11) is 0. The largest absolute Gasteiger partial charge is 0.380 e. The first-order chi connectivity index (χ1) is 6.34. The van der Waals surface area contributed by atoms with Crippen molar-refractivity contribution in [3.8, 4) is 0 Å². The molecule has 0 aromatic rings. The molecule has 0 radical (unpaired) electrons. The van der Waals surface area contributed by atoms with Gasteiger partial charge in [0.05, 0.1) is 12.4 Å². The number of amidine groups is 1. The third kappa shape index (κ3) is 3.77. The Morgan fingerprint density at radius 3 is 2.92 bits per heavy atom. The molecular weight excluding hydrogens is 164 g/mol. The van der Waals surface area contributed by atoms with Crippen molar-refractivity contribution in [3.63, 3.8) is 0 Å². The fraction of sp³-hybridized carbons (Fsp3) is 0.900. The molecule has 0 aromatic carbocycles. The molecule has 3 nitrogen and oxygen atoms in total. The van der Waals surface area contributed by atoms with Crippen LogP contribution in [0.1, 0.15) is 32.6 Å². The van der Waals surface area contributed by atoms with Gasteiger partial charge in [-0.1, -0.05) is 13.3 Å². The van der Waals surface area contributed by atoms with Crippen molar-refractivity contribution in [3.05, 3.63) is 0 Å². The molecule has 0 saturated carbocycles. The molecule has 1 aliphatic heterocycles. The first-order valence-electron chi connectivity index (χ1n) is 5.24. The second-order valence-electron chi connectivity index (χ2n) is 3.50. The second-order valence-corrected chi connectivity index (χ2v) is 3.50. The number of nitrogens with zero attached hydrogens (tertiary/aromatic N) is 1. The van der Waals surface area contributed by atoms with Crippen molar-refractivity contribution in [1.82, 2.24) is 4.90 Å². The molecule has 0 unspecified atom stereocenters. The quantitative estimate of drug-likeness (QED) is 0.640. The van der Waals surface area contributed by atoms with Gasteiger partial charge in [0.2, 0.25) is 0 Å². The molecule has 0 atom stereocenters. The molecule has 1 saturated heterocycles. The van der Waals surface area contributed by atoms with Crippen LogP contribution in [0.25, 0.3) is 0 Å². The highest BCUT2D eigenvalue weighted by molar-refractivity contribution is 5.80. The standard InChI is InChI=1S/C10H20N2O/c1-2-3-8-13-9-7-12-6-4-5-10(12)11/h11H,2-9H2,1H3. The molecule has 76 valence electrons. The first kappa shape index (κ1) is 10.5. The summed E-state index contributed by atoms with van der Waals surface area (Å²) >= 11 is 0. The minimum atomic E-state index is 0.780. The van der Waals surface area contributed by atoms with Crippen LogP contribution < -0.4 is 0 Å². The zero-order valence-electron chi connectivity index (χ0n) is 8.51. The minimum Gasteiger partial charge on any atom is -0.380 e. The van der Waals surface area contributed by atoms with E-state index >= 15 is 0 Å². The molecule has 0 amide bonds. The van der Waals surface area contributed by atoms with Crippen LogP contribution in [0.2, 0.25) is 0 Å². The Morgan fingerprint density at radius 2 is 2.31 bits per heavy atom. The minimum absolute atomic E-state index is 0.780. The second kappa shape index (κ2) is 5.97. The van der Waals surface area contributed by atoms with Gasteiger partial charge in [-0.2, -0.15) is 0 Å². The molecule has 13 heavy (non-hydrogen) atoms. The Balaban J connectivity index is 1.96. The van der Waals surface area contributed by atoms with Crippen LogP contribution in [-0.4, -0.2) is 37.0 Å². The highest BCUT2D eigenvalue weighted by Crippen LogP contribution is 2.08. The van der Waals surface area contributed by atoms with Crippen molar-refractivity contribution < 1.29 is 4.74 Å². The fourth-order valence-corrected chi connectivity index (χ4v) is 1.50. The van der Waals surface area contributed by atoms with E-state index in [-0.39, 0.29) is 0 Å². The maximum atomic E-state index is 7.59. The summed E-state index contributed by atoms with van der Waals surface area (Å²) in [5.74, 6) is 0.791. The predicted molar refractivity (Wildman–Crippen MR) is 54.3 cm³/mol. The summed E-state index contributed by atoms with van der Waals surface area (Å²) in [6.45, 7) is 5.78. The molecule has 1 aliphatic rings. The molecule has 0 aromatic heterocycles. The third-order valence-corrected chi connectivity index (χ3v) is 2.37. The maximum Gasteiger partial charge on any atom is 0.0959 e. The van der Waals surface area contributed by atoms with Crippen molar-refractivity contribution >= 4 is 5.84 Å². The van der Waals surface area contributed by atoms with Crippen molar-refractivity contribution in [2.75, 3.05) is 26.3 Å². The van der Waals surface area contributed by atoms with E-state index in [4.69, 9.17) is 10.1 Å². The summed E-state index contributed by atoms with van der Waals surface area (Å²) in [6, 6.07) is 0. The molecule has 0 aliphatic carbocycles. The molecule has 3 heteroatoms. The Labute approximate surface area is 80.6 Å². The average Bonchev–Trinajstić information content (AvgIpc) is 2.52. The topological polar surface area (TPSA) is 36.3 Å². The summed E-state index contributed by atoms with van der Waals surface area (Å²) in [4.78, 5) is 2.12. The van der Waals surface area contributed by atoms with E-state index in [1.165, 1.54) is 6.42 Å². The number of hydrogen-bond donors (Lipinski definition) is 1. The lowest BCUT2D eigenvalue weighted by Crippen LogP contribution is -2.28. The van der Waals surface area contributed by atoms with Gasteiger partial charge in [0.25, 0.3) is 0 Å². The van der Waals surface area contributed by atoms with Gasteiger partial charge >= 0.3 is 0 Å². The highest BCUT2D eigenvalue weighted by atomic mass is 16.5. The molecule has 0 bridgehead atoms. The van der Waals surface area contributed by atoms with E-state index in [9.17, 15) is 0 Å². The van der Waals surface area contributed by atoms with Gasteiger partial charge in [-0.15, -0.1) is 0 Å². The van der Waals surface area contributed by atoms with Gasteiger partial charge in [-0.05, 0) is 12.8 Å². The summed E-state index contributed by atoms with van der Waals surface area (Å²) in [5, 5.41) is 7.59. The normalized spacial score (nSPS) is 17.0. The van der Waals surface area contributed by atoms with Crippen LogP contribution in [0.3, 0.4) is 0 Å². The Morgan fingerprint density at radius 1 is 1.46 bits per heavy atom. The fourth-order valence-electron chi connectivity index (χ4n) is 1.50. The lowest BCUT2D eigenvalue weighted by molar-refractivity contribution is 0.119. The lowest BCUT2D eigenvalue weighted by atomic mass is 10.4. The predicted octanol–water partition coefficient (Wildman–Crippen LogP) is 1.88. The molecule has 1 heterocycles. The van der Waals surface area contributed by atoms with E-state index in [1.807, 2.05) is 0 Å².